The molecule has 0 atom stereocenters. The molecule has 1 heterocycles. The molecule has 1 aromatic carbocycles. The van der Waals surface area contributed by atoms with Crippen molar-refractivity contribution >= 4 is 32.9 Å². The maximum absolute atomic E-state index is 11.7. The van der Waals surface area contributed by atoms with Gasteiger partial charge in [-0.3, -0.25) is 4.31 Å². The third-order valence-electron chi connectivity index (χ3n) is 2.70. The number of sulfonamides is 1. The summed E-state index contributed by atoms with van der Waals surface area (Å²) in [5.74, 6) is 0.238. The molecule has 1 fully saturated rings. The van der Waals surface area contributed by atoms with Crippen LogP contribution in [0.5, 0.6) is 0 Å². The van der Waals surface area contributed by atoms with Gasteiger partial charge in [0.25, 0.3) is 0 Å². The van der Waals surface area contributed by atoms with Gasteiger partial charge in [-0.05, 0) is 24.1 Å². The van der Waals surface area contributed by atoms with E-state index in [2.05, 4.69) is 0 Å². The molecule has 1 aliphatic rings. The number of nitrogens with zero attached hydrogens (tertiary/aromatic N) is 1. The van der Waals surface area contributed by atoms with Crippen LogP contribution in [0.4, 0.5) is 5.69 Å². The topological polar surface area (TPSA) is 63.4 Å². The Morgan fingerprint density at radius 2 is 2.00 bits per heavy atom. The summed E-state index contributed by atoms with van der Waals surface area (Å²) in [4.78, 5) is 0.437. The van der Waals surface area contributed by atoms with E-state index in [1.54, 1.807) is 12.1 Å². The van der Waals surface area contributed by atoms with Crippen molar-refractivity contribution in [2.75, 3.05) is 16.6 Å². The van der Waals surface area contributed by atoms with Crippen LogP contribution >= 0.6 is 12.2 Å². The molecule has 6 heteroatoms. The van der Waals surface area contributed by atoms with Crippen LogP contribution in [-0.4, -0.2) is 25.7 Å². The predicted octanol–water partition coefficient (Wildman–Crippen LogP) is 1.06. The van der Waals surface area contributed by atoms with Crippen molar-refractivity contribution in [1.29, 1.82) is 0 Å². The fraction of sp³-hybridized carbons (Fsp3) is 0.364. The molecule has 2 rings (SSSR count). The van der Waals surface area contributed by atoms with Gasteiger partial charge in [0.1, 0.15) is 0 Å². The molecule has 0 aliphatic carbocycles. The van der Waals surface area contributed by atoms with Gasteiger partial charge in [0.15, 0.2) is 0 Å². The highest BCUT2D eigenvalue weighted by atomic mass is 32.2. The molecule has 17 heavy (non-hydrogen) atoms. The van der Waals surface area contributed by atoms with Crippen molar-refractivity contribution in [3.05, 3.63) is 29.8 Å². The molecule has 0 unspecified atom stereocenters. The largest absolute Gasteiger partial charge is 0.393 e. The van der Waals surface area contributed by atoms with Crippen LogP contribution in [0.25, 0.3) is 0 Å². The summed E-state index contributed by atoms with van der Waals surface area (Å²) in [6, 6.07) is 7.33. The maximum atomic E-state index is 11.7. The van der Waals surface area contributed by atoms with Crippen molar-refractivity contribution in [2.24, 2.45) is 5.73 Å². The molecule has 2 N–H and O–H groups in total. The highest BCUT2D eigenvalue weighted by Crippen LogP contribution is 2.24. The van der Waals surface area contributed by atoms with Crippen LogP contribution in [0.2, 0.25) is 0 Å². The molecule has 0 aromatic heterocycles. The molecule has 0 radical (unpaired) electrons. The molecule has 0 spiro atoms. The highest BCUT2D eigenvalue weighted by Gasteiger charge is 2.28. The standard InChI is InChI=1S/C11H14N2O2S2/c12-11(16)8-9-2-4-10(5-3-9)13-6-1-7-17(13,14)15/h2-5H,1,6-8H2,(H2,12,16). The predicted molar refractivity (Wildman–Crippen MR) is 72.7 cm³/mol. The number of rotatable bonds is 3. The molecular formula is C11H14N2O2S2. The number of nitrogens with two attached hydrogens (primary N) is 1. The van der Waals surface area contributed by atoms with Gasteiger partial charge in [-0.1, -0.05) is 24.4 Å². The highest BCUT2D eigenvalue weighted by molar-refractivity contribution is 7.93. The zero-order valence-electron chi connectivity index (χ0n) is 9.30. The van der Waals surface area contributed by atoms with E-state index in [1.165, 1.54) is 4.31 Å². The quantitative estimate of drug-likeness (QED) is 0.834. The van der Waals surface area contributed by atoms with Crippen LogP contribution in [0.15, 0.2) is 24.3 Å². The van der Waals surface area contributed by atoms with Crippen LogP contribution in [0.3, 0.4) is 0 Å². The summed E-state index contributed by atoms with van der Waals surface area (Å²) in [5, 5.41) is 0. The third kappa shape index (κ3) is 2.76. The lowest BCUT2D eigenvalue weighted by Gasteiger charge is -2.17. The van der Waals surface area contributed by atoms with Gasteiger partial charge in [0.05, 0.1) is 16.4 Å². The molecular weight excluding hydrogens is 256 g/mol. The second-order valence-electron chi connectivity index (χ2n) is 4.05. The van der Waals surface area contributed by atoms with Crippen molar-refractivity contribution in [3.8, 4) is 0 Å². The van der Waals surface area contributed by atoms with E-state index in [1.807, 2.05) is 12.1 Å². The lowest BCUT2D eigenvalue weighted by molar-refractivity contribution is 0.599. The summed E-state index contributed by atoms with van der Waals surface area (Å²) in [7, 11) is -3.09. The van der Waals surface area contributed by atoms with E-state index in [9.17, 15) is 8.42 Å². The van der Waals surface area contributed by atoms with E-state index >= 15 is 0 Å². The third-order valence-corrected chi connectivity index (χ3v) is 4.72. The van der Waals surface area contributed by atoms with Crippen molar-refractivity contribution < 1.29 is 8.42 Å². The molecule has 1 aliphatic heterocycles. The zero-order valence-corrected chi connectivity index (χ0v) is 10.9. The average molecular weight is 270 g/mol. The first-order chi connectivity index (χ1) is 7.99. The summed E-state index contributed by atoms with van der Waals surface area (Å²) in [6.07, 6.45) is 1.24. The number of hydrogen-bond acceptors (Lipinski definition) is 3. The zero-order chi connectivity index (χ0) is 12.5. The fourth-order valence-corrected chi connectivity index (χ4v) is 3.64. The lowest BCUT2D eigenvalue weighted by Crippen LogP contribution is -2.25. The number of anilines is 1. The monoisotopic (exact) mass is 270 g/mol. The second kappa shape index (κ2) is 4.62. The van der Waals surface area contributed by atoms with E-state index in [-0.39, 0.29) is 5.75 Å². The Balaban J connectivity index is 2.21. The number of hydrogen-bond donors (Lipinski definition) is 1. The van der Waals surface area contributed by atoms with Gasteiger partial charge in [0, 0.05) is 13.0 Å². The molecule has 0 saturated carbocycles. The maximum Gasteiger partial charge on any atom is 0.235 e. The van der Waals surface area contributed by atoms with Gasteiger partial charge in [-0.25, -0.2) is 8.42 Å². The average Bonchev–Trinajstić information content (AvgIpc) is 2.58. The summed E-state index contributed by atoms with van der Waals surface area (Å²) in [6.45, 7) is 0.566. The molecule has 92 valence electrons. The summed E-state index contributed by atoms with van der Waals surface area (Å²) >= 11 is 4.83. The van der Waals surface area contributed by atoms with Crippen molar-refractivity contribution in [2.45, 2.75) is 12.8 Å². The van der Waals surface area contributed by atoms with Gasteiger partial charge < -0.3 is 5.73 Å². The minimum Gasteiger partial charge on any atom is -0.393 e. The molecule has 4 nitrogen and oxygen atoms in total. The second-order valence-corrected chi connectivity index (χ2v) is 6.59. The Bertz CT molecular complexity index is 523. The van der Waals surface area contributed by atoms with Gasteiger partial charge in [0.2, 0.25) is 10.0 Å². The molecule has 1 aromatic rings. The van der Waals surface area contributed by atoms with Crippen LogP contribution in [0, 0.1) is 0 Å². The summed E-state index contributed by atoms with van der Waals surface area (Å²) < 4.78 is 24.9. The van der Waals surface area contributed by atoms with Crippen LogP contribution in [0.1, 0.15) is 12.0 Å². The SMILES string of the molecule is NC(=S)Cc1ccc(N2CCCS2(=O)=O)cc1. The first-order valence-corrected chi connectivity index (χ1v) is 7.38. The lowest BCUT2D eigenvalue weighted by atomic mass is 10.1. The number of benzene rings is 1. The van der Waals surface area contributed by atoms with Crippen LogP contribution < -0.4 is 10.0 Å². The van der Waals surface area contributed by atoms with E-state index in [0.717, 1.165) is 5.56 Å². The Kier molecular flexibility index (Phi) is 3.35. The van der Waals surface area contributed by atoms with E-state index in [4.69, 9.17) is 18.0 Å². The first kappa shape index (κ1) is 12.3. The molecule has 1 saturated heterocycles. The van der Waals surface area contributed by atoms with Crippen molar-refractivity contribution in [1.82, 2.24) is 0 Å². The Labute approximate surface area is 106 Å². The summed E-state index contributed by atoms with van der Waals surface area (Å²) in [5.41, 5.74) is 7.17. The van der Waals surface area contributed by atoms with Crippen LogP contribution in [-0.2, 0) is 16.4 Å². The Morgan fingerprint density at radius 3 is 2.47 bits per heavy atom. The molecule has 0 amide bonds. The van der Waals surface area contributed by atoms with Gasteiger partial charge in [-0.2, -0.15) is 0 Å². The molecule has 0 bridgehead atoms. The first-order valence-electron chi connectivity index (χ1n) is 5.37. The Morgan fingerprint density at radius 1 is 1.35 bits per heavy atom. The Hall–Kier alpha value is -1.14. The van der Waals surface area contributed by atoms with E-state index in [0.29, 0.717) is 30.1 Å². The van der Waals surface area contributed by atoms with Gasteiger partial charge >= 0.3 is 0 Å². The number of thiocarbonyl (C=S) groups is 1. The van der Waals surface area contributed by atoms with E-state index < -0.39 is 10.0 Å². The van der Waals surface area contributed by atoms with Gasteiger partial charge in [-0.15, -0.1) is 0 Å². The van der Waals surface area contributed by atoms with Crippen molar-refractivity contribution in [3.63, 3.8) is 0 Å². The minimum atomic E-state index is -3.09. The fourth-order valence-electron chi connectivity index (χ4n) is 1.91. The minimum absolute atomic E-state index is 0.238. The normalized spacial score (nSPS) is 18.2. The smallest absolute Gasteiger partial charge is 0.235 e.